The monoisotopic (exact) mass is 387 g/mol. The molecule has 0 saturated carbocycles. The fourth-order valence-electron chi connectivity index (χ4n) is 2.45. The molecule has 8 heteroatoms. The molecule has 0 spiro atoms. The van der Waals surface area contributed by atoms with Gasteiger partial charge in [-0.1, -0.05) is 28.9 Å². The van der Waals surface area contributed by atoms with Crippen LogP contribution in [0.25, 0.3) is 11.4 Å². The minimum absolute atomic E-state index is 0.176. The largest absolute Gasteiger partial charge is 0.497 e. The minimum atomic E-state index is -0.211. The number of aromatic nitrogens is 2. The van der Waals surface area contributed by atoms with Crippen LogP contribution in [-0.2, 0) is 11.2 Å². The van der Waals surface area contributed by atoms with Crippen molar-refractivity contribution in [3.05, 3.63) is 53.4 Å². The third-order valence-corrected chi connectivity index (χ3v) is 4.03. The van der Waals surface area contributed by atoms with Gasteiger partial charge in [0.15, 0.2) is 0 Å². The van der Waals surface area contributed by atoms with Crippen molar-refractivity contribution in [3.63, 3.8) is 0 Å². The molecule has 0 aliphatic carbocycles. The molecule has 0 bridgehead atoms. The number of benzene rings is 2. The van der Waals surface area contributed by atoms with Gasteiger partial charge in [0.05, 0.1) is 19.9 Å². The third kappa shape index (κ3) is 4.77. The summed E-state index contributed by atoms with van der Waals surface area (Å²) < 4.78 is 15.6. The molecule has 3 aromatic rings. The van der Waals surface area contributed by atoms with Crippen molar-refractivity contribution >= 4 is 23.2 Å². The van der Waals surface area contributed by atoms with Crippen molar-refractivity contribution in [1.29, 1.82) is 0 Å². The lowest BCUT2D eigenvalue weighted by Crippen LogP contribution is -2.13. The van der Waals surface area contributed by atoms with Gasteiger partial charge in [0, 0.05) is 23.4 Å². The van der Waals surface area contributed by atoms with Crippen LogP contribution in [0.4, 0.5) is 5.69 Å². The van der Waals surface area contributed by atoms with E-state index in [2.05, 4.69) is 15.5 Å². The SMILES string of the molecule is COc1cccc(-c2noc(CCC(=O)Nc3cc(Cl)ccc3OC)n2)c1. The van der Waals surface area contributed by atoms with Crippen LogP contribution >= 0.6 is 11.6 Å². The van der Waals surface area contributed by atoms with Crippen LogP contribution in [0.2, 0.25) is 5.02 Å². The van der Waals surface area contributed by atoms with Crippen LogP contribution in [0.5, 0.6) is 11.5 Å². The van der Waals surface area contributed by atoms with Gasteiger partial charge in [0.2, 0.25) is 17.6 Å². The van der Waals surface area contributed by atoms with E-state index >= 15 is 0 Å². The molecular weight excluding hydrogens is 370 g/mol. The fourth-order valence-corrected chi connectivity index (χ4v) is 2.62. The molecule has 1 amide bonds. The Hall–Kier alpha value is -3.06. The Morgan fingerprint density at radius 3 is 2.81 bits per heavy atom. The average Bonchev–Trinajstić information content (AvgIpc) is 3.16. The van der Waals surface area contributed by atoms with Crippen molar-refractivity contribution in [2.45, 2.75) is 12.8 Å². The summed E-state index contributed by atoms with van der Waals surface area (Å²) in [4.78, 5) is 16.5. The Bertz CT molecular complexity index is 942. The molecule has 0 aliphatic rings. The van der Waals surface area contributed by atoms with E-state index in [-0.39, 0.29) is 12.3 Å². The first kappa shape index (κ1) is 18.7. The van der Waals surface area contributed by atoms with Gasteiger partial charge in [0.25, 0.3) is 0 Å². The second kappa shape index (κ2) is 8.55. The Labute approximate surface area is 161 Å². The van der Waals surface area contributed by atoms with Crippen molar-refractivity contribution in [1.82, 2.24) is 10.1 Å². The molecular formula is C19H18ClN3O4. The number of anilines is 1. The molecule has 0 atom stereocenters. The van der Waals surface area contributed by atoms with Crippen LogP contribution in [0.3, 0.4) is 0 Å². The van der Waals surface area contributed by atoms with E-state index < -0.39 is 0 Å². The smallest absolute Gasteiger partial charge is 0.227 e. The van der Waals surface area contributed by atoms with Crippen molar-refractivity contribution in [2.75, 3.05) is 19.5 Å². The standard InChI is InChI=1S/C19H18ClN3O4/c1-25-14-5-3-4-12(10-14)19-22-18(27-23-19)9-8-17(24)21-15-11-13(20)6-7-16(15)26-2/h3-7,10-11H,8-9H2,1-2H3,(H,21,24). The molecule has 1 aromatic heterocycles. The Morgan fingerprint density at radius 2 is 2.04 bits per heavy atom. The molecule has 0 fully saturated rings. The number of carbonyl (C=O) groups excluding carboxylic acids is 1. The summed E-state index contributed by atoms with van der Waals surface area (Å²) in [6.07, 6.45) is 0.487. The maximum absolute atomic E-state index is 12.2. The predicted octanol–water partition coefficient (Wildman–Crippen LogP) is 3.98. The summed E-state index contributed by atoms with van der Waals surface area (Å²) in [7, 11) is 3.12. The number of aryl methyl sites for hydroxylation is 1. The first-order valence-corrected chi connectivity index (χ1v) is 8.57. The topological polar surface area (TPSA) is 86.5 Å². The Kier molecular flexibility index (Phi) is 5.93. The Balaban J connectivity index is 1.61. The molecule has 7 nitrogen and oxygen atoms in total. The number of nitrogens with zero attached hydrogens (tertiary/aromatic N) is 2. The summed E-state index contributed by atoms with van der Waals surface area (Å²) >= 11 is 5.96. The zero-order valence-electron chi connectivity index (χ0n) is 14.9. The van der Waals surface area contributed by atoms with E-state index in [4.69, 9.17) is 25.6 Å². The van der Waals surface area contributed by atoms with E-state index in [0.717, 1.165) is 5.56 Å². The number of hydrogen-bond donors (Lipinski definition) is 1. The lowest BCUT2D eigenvalue weighted by Gasteiger charge is -2.10. The van der Waals surface area contributed by atoms with Crippen molar-refractivity contribution < 1.29 is 18.8 Å². The average molecular weight is 388 g/mol. The molecule has 0 unspecified atom stereocenters. The zero-order chi connectivity index (χ0) is 19.2. The van der Waals surface area contributed by atoms with Crippen LogP contribution in [0, 0.1) is 0 Å². The first-order chi connectivity index (χ1) is 13.1. The van der Waals surface area contributed by atoms with Crippen LogP contribution in [0.15, 0.2) is 47.0 Å². The lowest BCUT2D eigenvalue weighted by molar-refractivity contribution is -0.116. The molecule has 0 radical (unpaired) electrons. The third-order valence-electron chi connectivity index (χ3n) is 3.80. The second-order valence-electron chi connectivity index (χ2n) is 5.64. The molecule has 27 heavy (non-hydrogen) atoms. The highest BCUT2D eigenvalue weighted by atomic mass is 35.5. The van der Waals surface area contributed by atoms with E-state index in [0.29, 0.717) is 40.3 Å². The predicted molar refractivity (Wildman–Crippen MR) is 101 cm³/mol. The number of halogens is 1. The van der Waals surface area contributed by atoms with Gasteiger partial charge >= 0.3 is 0 Å². The van der Waals surface area contributed by atoms with Crippen LogP contribution < -0.4 is 14.8 Å². The number of carbonyl (C=O) groups is 1. The van der Waals surface area contributed by atoms with Crippen molar-refractivity contribution in [2.24, 2.45) is 0 Å². The maximum atomic E-state index is 12.2. The van der Waals surface area contributed by atoms with Crippen LogP contribution in [-0.4, -0.2) is 30.3 Å². The van der Waals surface area contributed by atoms with Crippen LogP contribution in [0.1, 0.15) is 12.3 Å². The maximum Gasteiger partial charge on any atom is 0.227 e. The van der Waals surface area contributed by atoms with Gasteiger partial charge in [-0.05, 0) is 30.3 Å². The summed E-state index contributed by atoms with van der Waals surface area (Å²) in [6.45, 7) is 0. The van der Waals surface area contributed by atoms with Crippen molar-refractivity contribution in [3.8, 4) is 22.9 Å². The number of nitrogens with one attached hydrogen (secondary N) is 1. The van der Waals surface area contributed by atoms with E-state index in [9.17, 15) is 4.79 Å². The normalized spacial score (nSPS) is 10.5. The molecule has 0 saturated heterocycles. The summed E-state index contributed by atoms with van der Waals surface area (Å²) in [5, 5.41) is 7.23. The number of ether oxygens (including phenoxy) is 2. The molecule has 140 valence electrons. The van der Waals surface area contributed by atoms with Gasteiger partial charge in [-0.2, -0.15) is 4.98 Å². The van der Waals surface area contributed by atoms with E-state index in [1.54, 1.807) is 25.3 Å². The lowest BCUT2D eigenvalue weighted by atomic mass is 10.2. The molecule has 1 N–H and O–H groups in total. The number of rotatable bonds is 7. The first-order valence-electron chi connectivity index (χ1n) is 8.19. The molecule has 1 heterocycles. The van der Waals surface area contributed by atoms with Gasteiger partial charge in [-0.15, -0.1) is 0 Å². The summed E-state index contributed by atoms with van der Waals surface area (Å²) in [5.74, 6) is 1.85. The Morgan fingerprint density at radius 1 is 1.19 bits per heavy atom. The molecule has 0 aliphatic heterocycles. The number of hydrogen-bond acceptors (Lipinski definition) is 6. The van der Waals surface area contributed by atoms with Gasteiger partial charge in [-0.25, -0.2) is 0 Å². The van der Waals surface area contributed by atoms with Gasteiger partial charge < -0.3 is 19.3 Å². The fraction of sp³-hybridized carbons (Fsp3) is 0.211. The van der Waals surface area contributed by atoms with Gasteiger partial charge in [0.1, 0.15) is 11.5 Å². The van der Waals surface area contributed by atoms with E-state index in [1.165, 1.54) is 7.11 Å². The molecule has 2 aromatic carbocycles. The number of amides is 1. The highest BCUT2D eigenvalue weighted by Gasteiger charge is 2.13. The van der Waals surface area contributed by atoms with E-state index in [1.807, 2.05) is 24.3 Å². The zero-order valence-corrected chi connectivity index (χ0v) is 15.6. The quantitative estimate of drug-likeness (QED) is 0.659. The highest BCUT2D eigenvalue weighted by molar-refractivity contribution is 6.31. The summed E-state index contributed by atoms with van der Waals surface area (Å²) in [5.41, 5.74) is 1.29. The number of methoxy groups -OCH3 is 2. The highest BCUT2D eigenvalue weighted by Crippen LogP contribution is 2.28. The second-order valence-corrected chi connectivity index (χ2v) is 6.07. The molecule has 3 rings (SSSR count). The van der Waals surface area contributed by atoms with Gasteiger partial charge in [-0.3, -0.25) is 4.79 Å². The minimum Gasteiger partial charge on any atom is -0.497 e. The summed E-state index contributed by atoms with van der Waals surface area (Å²) in [6, 6.07) is 12.4.